The van der Waals surface area contributed by atoms with Crippen LogP contribution in [0, 0.1) is 10.1 Å². The Labute approximate surface area is 173 Å². The summed E-state index contributed by atoms with van der Waals surface area (Å²) in [6.07, 6.45) is 0.164. The highest BCUT2D eigenvalue weighted by Gasteiger charge is 2.17. The van der Waals surface area contributed by atoms with E-state index < -0.39 is 22.3 Å². The summed E-state index contributed by atoms with van der Waals surface area (Å²) in [4.78, 5) is 27.0. The molecule has 2 aromatic carbocycles. The molecule has 3 aromatic rings. The summed E-state index contributed by atoms with van der Waals surface area (Å²) >= 11 is 17.6. The molecule has 3 rings (SSSR count). The fourth-order valence-corrected chi connectivity index (χ4v) is 3.19. The van der Waals surface area contributed by atoms with Crippen molar-refractivity contribution in [3.05, 3.63) is 72.2 Å². The molecule has 8 nitrogen and oxygen atoms in total. The smallest absolute Gasteiger partial charge is 0.288 e. The van der Waals surface area contributed by atoms with Gasteiger partial charge < -0.3 is 9.84 Å². The summed E-state index contributed by atoms with van der Waals surface area (Å²) in [6, 6.07) is 6.97. The van der Waals surface area contributed by atoms with E-state index in [1.807, 2.05) is 0 Å². The van der Waals surface area contributed by atoms with Gasteiger partial charge in [-0.2, -0.15) is 0 Å². The lowest BCUT2D eigenvalue weighted by Gasteiger charge is -2.15. The quantitative estimate of drug-likeness (QED) is 0.459. The second-order valence-electron chi connectivity index (χ2n) is 5.82. The van der Waals surface area contributed by atoms with Gasteiger partial charge in [-0.15, -0.1) is 0 Å². The van der Waals surface area contributed by atoms with E-state index in [0.717, 1.165) is 10.6 Å². The Morgan fingerprint density at radius 1 is 1.21 bits per heavy atom. The highest BCUT2D eigenvalue weighted by Crippen LogP contribution is 2.28. The topological polar surface area (TPSA) is 107 Å². The van der Waals surface area contributed by atoms with Gasteiger partial charge in [-0.1, -0.05) is 34.8 Å². The lowest BCUT2D eigenvalue weighted by Crippen LogP contribution is -2.30. The molecule has 0 spiro atoms. The Bertz CT molecular complexity index is 1120. The summed E-state index contributed by atoms with van der Waals surface area (Å²) in [5.41, 5.74) is -0.726. The van der Waals surface area contributed by atoms with E-state index in [2.05, 4.69) is 4.98 Å². The van der Waals surface area contributed by atoms with Crippen molar-refractivity contribution in [2.45, 2.75) is 12.6 Å². The Morgan fingerprint density at radius 3 is 2.64 bits per heavy atom. The standard InChI is InChI=1S/C17H12Cl3N3O5/c18-9-1-2-16(13(20)3-9)28-7-10(24)6-22-8-21-14-5-12(19)15(23(26)27)4-11(14)17(22)25/h1-5,8,10,24H,6-7H2/t10-/m0/s1. The minimum Gasteiger partial charge on any atom is -0.489 e. The van der Waals surface area contributed by atoms with Gasteiger partial charge in [0.2, 0.25) is 0 Å². The molecule has 0 aliphatic heterocycles. The zero-order valence-corrected chi connectivity index (χ0v) is 16.3. The van der Waals surface area contributed by atoms with Gasteiger partial charge in [0.05, 0.1) is 33.7 Å². The molecule has 0 aliphatic carbocycles. The zero-order chi connectivity index (χ0) is 20.4. The Hall–Kier alpha value is -2.39. The number of hydrogen-bond acceptors (Lipinski definition) is 6. The van der Waals surface area contributed by atoms with Crippen LogP contribution in [0.3, 0.4) is 0 Å². The molecule has 1 atom stereocenters. The fourth-order valence-electron chi connectivity index (χ4n) is 2.50. The number of nitro groups is 1. The lowest BCUT2D eigenvalue weighted by molar-refractivity contribution is -0.384. The number of hydrogen-bond donors (Lipinski definition) is 1. The van der Waals surface area contributed by atoms with Gasteiger partial charge in [0.25, 0.3) is 11.2 Å². The van der Waals surface area contributed by atoms with Crippen LogP contribution in [-0.2, 0) is 6.54 Å². The molecule has 0 saturated heterocycles. The van der Waals surface area contributed by atoms with Crippen LogP contribution in [-0.4, -0.2) is 32.3 Å². The number of benzene rings is 2. The zero-order valence-electron chi connectivity index (χ0n) is 14.0. The average Bonchev–Trinajstić information content (AvgIpc) is 2.63. The number of nitrogens with zero attached hydrogens (tertiary/aromatic N) is 3. The van der Waals surface area contributed by atoms with Gasteiger partial charge in [-0.05, 0) is 24.3 Å². The summed E-state index contributed by atoms with van der Waals surface area (Å²) < 4.78 is 6.57. The van der Waals surface area contributed by atoms with Crippen molar-refractivity contribution in [2.24, 2.45) is 0 Å². The minimum atomic E-state index is -1.06. The molecular formula is C17H12Cl3N3O5. The van der Waals surface area contributed by atoms with Crippen LogP contribution in [0.2, 0.25) is 15.1 Å². The maximum Gasteiger partial charge on any atom is 0.288 e. The molecule has 0 unspecified atom stereocenters. The molecule has 1 N–H and O–H groups in total. The second kappa shape index (κ2) is 8.32. The summed E-state index contributed by atoms with van der Waals surface area (Å²) in [6.45, 7) is -0.282. The molecule has 146 valence electrons. The lowest BCUT2D eigenvalue weighted by atomic mass is 10.2. The first-order valence-corrected chi connectivity index (χ1v) is 8.98. The van der Waals surface area contributed by atoms with Crippen LogP contribution < -0.4 is 10.3 Å². The Kier molecular flexibility index (Phi) is 6.04. The molecular weight excluding hydrogens is 433 g/mol. The number of aromatic nitrogens is 2. The van der Waals surface area contributed by atoms with Crippen molar-refractivity contribution < 1.29 is 14.8 Å². The van der Waals surface area contributed by atoms with Crippen LogP contribution in [0.4, 0.5) is 5.69 Å². The van der Waals surface area contributed by atoms with Crippen molar-refractivity contribution in [3.63, 3.8) is 0 Å². The second-order valence-corrected chi connectivity index (χ2v) is 7.07. The molecule has 11 heteroatoms. The van der Waals surface area contributed by atoms with Gasteiger partial charge in [-0.25, -0.2) is 4.98 Å². The molecule has 0 amide bonds. The van der Waals surface area contributed by atoms with Crippen LogP contribution in [0.25, 0.3) is 10.9 Å². The fraction of sp³-hybridized carbons (Fsp3) is 0.176. The van der Waals surface area contributed by atoms with Gasteiger partial charge in [0, 0.05) is 11.1 Å². The largest absolute Gasteiger partial charge is 0.489 e. The minimum absolute atomic E-state index is 0.0208. The SMILES string of the molecule is O=c1c2cc([N+](=O)[O-])c(Cl)cc2ncn1C[C@H](O)COc1ccc(Cl)cc1Cl. The third-order valence-electron chi connectivity index (χ3n) is 3.82. The van der Waals surface area contributed by atoms with Crippen molar-refractivity contribution in [2.75, 3.05) is 6.61 Å². The maximum atomic E-state index is 12.6. The van der Waals surface area contributed by atoms with E-state index in [4.69, 9.17) is 39.5 Å². The normalized spacial score (nSPS) is 12.1. The maximum absolute atomic E-state index is 12.6. The third kappa shape index (κ3) is 4.36. The van der Waals surface area contributed by atoms with Crippen molar-refractivity contribution in [1.82, 2.24) is 9.55 Å². The van der Waals surface area contributed by atoms with Crippen molar-refractivity contribution >= 4 is 51.4 Å². The van der Waals surface area contributed by atoms with E-state index in [-0.39, 0.29) is 34.1 Å². The predicted octanol–water partition coefficient (Wildman–Crippen LogP) is 3.70. The number of halogens is 3. The van der Waals surface area contributed by atoms with E-state index >= 15 is 0 Å². The first-order valence-electron chi connectivity index (χ1n) is 7.85. The van der Waals surface area contributed by atoms with E-state index in [1.165, 1.54) is 18.5 Å². The molecule has 0 aliphatic rings. The van der Waals surface area contributed by atoms with E-state index in [0.29, 0.717) is 10.8 Å². The van der Waals surface area contributed by atoms with Gasteiger partial charge in [0.15, 0.2) is 0 Å². The first kappa shape index (κ1) is 20.3. The van der Waals surface area contributed by atoms with Gasteiger partial charge in [-0.3, -0.25) is 19.5 Å². The van der Waals surface area contributed by atoms with Gasteiger partial charge in [0.1, 0.15) is 23.5 Å². The summed E-state index contributed by atoms with van der Waals surface area (Å²) in [5, 5.41) is 21.8. The highest BCUT2D eigenvalue weighted by molar-refractivity contribution is 6.35. The predicted molar refractivity (Wildman–Crippen MR) is 106 cm³/mol. The van der Waals surface area contributed by atoms with Crippen molar-refractivity contribution in [3.8, 4) is 5.75 Å². The number of aliphatic hydroxyl groups excluding tert-OH is 1. The number of fused-ring (bicyclic) bond motifs is 1. The molecule has 1 aromatic heterocycles. The number of rotatable bonds is 6. The number of nitro benzene ring substituents is 1. The summed E-state index contributed by atoms with van der Waals surface area (Å²) in [7, 11) is 0. The number of aliphatic hydroxyl groups is 1. The molecule has 0 bridgehead atoms. The highest BCUT2D eigenvalue weighted by atomic mass is 35.5. The molecule has 0 fully saturated rings. The average molecular weight is 445 g/mol. The molecule has 0 saturated carbocycles. The van der Waals surface area contributed by atoms with Crippen LogP contribution >= 0.6 is 34.8 Å². The van der Waals surface area contributed by atoms with Crippen LogP contribution in [0.15, 0.2) is 41.5 Å². The van der Waals surface area contributed by atoms with Crippen LogP contribution in [0.5, 0.6) is 5.75 Å². The molecule has 0 radical (unpaired) electrons. The monoisotopic (exact) mass is 443 g/mol. The molecule has 1 heterocycles. The summed E-state index contributed by atoms with van der Waals surface area (Å²) in [5.74, 6) is 0.333. The van der Waals surface area contributed by atoms with E-state index in [9.17, 15) is 20.0 Å². The Balaban J connectivity index is 1.79. The molecule has 28 heavy (non-hydrogen) atoms. The van der Waals surface area contributed by atoms with Crippen molar-refractivity contribution in [1.29, 1.82) is 0 Å². The first-order chi connectivity index (χ1) is 13.3. The third-order valence-corrected chi connectivity index (χ3v) is 4.66. The van der Waals surface area contributed by atoms with E-state index in [1.54, 1.807) is 12.1 Å². The van der Waals surface area contributed by atoms with Gasteiger partial charge >= 0.3 is 0 Å². The Morgan fingerprint density at radius 2 is 1.96 bits per heavy atom. The van der Waals surface area contributed by atoms with Crippen LogP contribution in [0.1, 0.15) is 0 Å². The number of ether oxygens (including phenoxy) is 1.